The van der Waals surface area contributed by atoms with Gasteiger partial charge in [0.2, 0.25) is 0 Å². The van der Waals surface area contributed by atoms with E-state index in [1.165, 1.54) is 9.36 Å². The molecule has 2 rings (SSSR count). The Balaban J connectivity index is 0.000000351. The van der Waals surface area contributed by atoms with Crippen LogP contribution in [0, 0.1) is 27.7 Å². The van der Waals surface area contributed by atoms with Gasteiger partial charge in [-0.25, -0.2) is 19.2 Å². The summed E-state index contributed by atoms with van der Waals surface area (Å²) in [6.07, 6.45) is 1.07. The third-order valence-electron chi connectivity index (χ3n) is 4.15. The molecule has 0 aliphatic heterocycles. The molecule has 2 aromatic rings. The van der Waals surface area contributed by atoms with Crippen LogP contribution in [0.4, 0.5) is 9.59 Å². The van der Waals surface area contributed by atoms with Gasteiger partial charge >= 0.3 is 24.0 Å². The first-order chi connectivity index (χ1) is 16.5. The van der Waals surface area contributed by atoms with E-state index in [0.717, 1.165) is 28.9 Å². The van der Waals surface area contributed by atoms with Gasteiger partial charge in [0.15, 0.2) is 0 Å². The monoisotopic (exact) mass is 488 g/mol. The third-order valence-corrected chi connectivity index (χ3v) is 4.15. The van der Waals surface area contributed by atoms with Gasteiger partial charge in [-0.1, -0.05) is 13.2 Å². The highest BCUT2D eigenvalue weighted by atomic mass is 16.5. The number of aryl methyl sites for hydroxylation is 4. The Hall–Kier alpha value is -4.22. The zero-order chi connectivity index (χ0) is 26.5. The number of ether oxygens (including phenoxy) is 2. The minimum absolute atomic E-state index is 0.107. The fourth-order valence-corrected chi connectivity index (χ4v) is 2.61. The van der Waals surface area contributed by atoms with Crippen LogP contribution in [0.15, 0.2) is 36.9 Å². The lowest BCUT2D eigenvalue weighted by Gasteiger charge is -2.07. The zero-order valence-electron chi connectivity index (χ0n) is 20.7. The van der Waals surface area contributed by atoms with Crippen molar-refractivity contribution in [1.29, 1.82) is 0 Å². The summed E-state index contributed by atoms with van der Waals surface area (Å²) in [5.41, 5.74) is 3.39. The van der Waals surface area contributed by atoms with E-state index in [2.05, 4.69) is 34.0 Å². The molecule has 0 spiro atoms. The summed E-state index contributed by atoms with van der Waals surface area (Å²) in [6.45, 7) is 16.2. The summed E-state index contributed by atoms with van der Waals surface area (Å²) >= 11 is 0. The van der Waals surface area contributed by atoms with Crippen LogP contribution in [0.25, 0.3) is 0 Å². The number of hydrogen-bond donors (Lipinski definition) is 2. The van der Waals surface area contributed by atoms with E-state index in [9.17, 15) is 19.2 Å². The van der Waals surface area contributed by atoms with Gasteiger partial charge in [0, 0.05) is 23.0 Å². The largest absolute Gasteiger partial charge is 0.461 e. The molecule has 0 aromatic carbocycles. The second-order valence-electron chi connectivity index (χ2n) is 7.43. The summed E-state index contributed by atoms with van der Waals surface area (Å²) < 4.78 is 12.1. The van der Waals surface area contributed by atoms with E-state index >= 15 is 0 Å². The van der Waals surface area contributed by atoms with Crippen LogP contribution < -0.4 is 10.6 Å². The van der Waals surface area contributed by atoms with Crippen LogP contribution >= 0.6 is 0 Å². The fourth-order valence-electron chi connectivity index (χ4n) is 2.61. The maximum Gasteiger partial charge on any atom is 0.342 e. The van der Waals surface area contributed by atoms with Gasteiger partial charge in [-0.3, -0.25) is 0 Å². The Morgan fingerprint density at radius 2 is 1.31 bits per heavy atom. The van der Waals surface area contributed by atoms with E-state index in [1.807, 2.05) is 13.8 Å². The van der Waals surface area contributed by atoms with Crippen molar-refractivity contribution in [3.63, 3.8) is 0 Å². The van der Waals surface area contributed by atoms with Crippen molar-refractivity contribution in [1.82, 2.24) is 30.2 Å². The number of carbonyl (C=O) groups excluding carboxylic acids is 4. The first kappa shape index (κ1) is 28.8. The molecule has 190 valence electrons. The molecule has 0 aliphatic carbocycles. The van der Waals surface area contributed by atoms with Gasteiger partial charge in [0.1, 0.15) is 13.2 Å². The SMILES string of the molecule is C=C(C)C(=O)OCCNC(=O)n1nc(C)cc1C.C=CC(=O)OCCNC(=O)n1nc(C)cc1C. The van der Waals surface area contributed by atoms with Crippen LogP contribution in [0.3, 0.4) is 0 Å². The van der Waals surface area contributed by atoms with Crippen LogP contribution in [-0.4, -0.2) is 69.9 Å². The first-order valence-electron chi connectivity index (χ1n) is 10.7. The molecular weight excluding hydrogens is 456 g/mol. The van der Waals surface area contributed by atoms with Crippen molar-refractivity contribution in [2.75, 3.05) is 26.3 Å². The number of hydrogen-bond acceptors (Lipinski definition) is 8. The van der Waals surface area contributed by atoms with Crippen molar-refractivity contribution >= 4 is 24.0 Å². The Labute approximate surface area is 204 Å². The fraction of sp³-hybridized carbons (Fsp3) is 0.391. The second-order valence-corrected chi connectivity index (χ2v) is 7.43. The highest BCUT2D eigenvalue weighted by Gasteiger charge is 2.10. The Morgan fingerprint density at radius 3 is 1.66 bits per heavy atom. The average molecular weight is 489 g/mol. The molecule has 0 aliphatic rings. The summed E-state index contributed by atoms with van der Waals surface area (Å²) in [7, 11) is 0. The van der Waals surface area contributed by atoms with Crippen molar-refractivity contribution in [3.8, 4) is 0 Å². The van der Waals surface area contributed by atoms with E-state index in [1.54, 1.807) is 32.9 Å². The number of nitrogens with zero attached hydrogens (tertiary/aromatic N) is 4. The summed E-state index contributed by atoms with van der Waals surface area (Å²) in [5, 5.41) is 13.2. The predicted molar refractivity (Wildman–Crippen MR) is 128 cm³/mol. The molecule has 0 atom stereocenters. The average Bonchev–Trinajstić information content (AvgIpc) is 3.33. The molecule has 12 nitrogen and oxygen atoms in total. The third kappa shape index (κ3) is 10.1. The Kier molecular flexibility index (Phi) is 11.6. The molecule has 2 aromatic heterocycles. The smallest absolute Gasteiger partial charge is 0.342 e. The molecule has 0 unspecified atom stereocenters. The van der Waals surface area contributed by atoms with Crippen LogP contribution in [0.2, 0.25) is 0 Å². The summed E-state index contributed by atoms with van der Waals surface area (Å²) in [6, 6.07) is 2.93. The number of carbonyl (C=O) groups is 4. The van der Waals surface area contributed by atoms with Gasteiger partial charge < -0.3 is 20.1 Å². The molecule has 0 saturated heterocycles. The molecule has 35 heavy (non-hydrogen) atoms. The molecule has 0 radical (unpaired) electrons. The van der Waals surface area contributed by atoms with Gasteiger partial charge in [0.05, 0.1) is 24.5 Å². The van der Waals surface area contributed by atoms with Gasteiger partial charge in [-0.2, -0.15) is 19.6 Å². The lowest BCUT2D eigenvalue weighted by Crippen LogP contribution is -2.33. The number of aromatic nitrogens is 4. The van der Waals surface area contributed by atoms with Crippen LogP contribution in [-0.2, 0) is 19.1 Å². The lowest BCUT2D eigenvalue weighted by atomic mass is 10.4. The van der Waals surface area contributed by atoms with Gasteiger partial charge in [0.25, 0.3) is 0 Å². The Bertz CT molecular complexity index is 1080. The molecule has 2 N–H and O–H groups in total. The number of rotatable bonds is 8. The number of esters is 2. The molecule has 0 bridgehead atoms. The van der Waals surface area contributed by atoms with Crippen molar-refractivity contribution in [2.45, 2.75) is 34.6 Å². The molecular formula is C23H32N6O6. The van der Waals surface area contributed by atoms with Gasteiger partial charge in [-0.15, -0.1) is 0 Å². The summed E-state index contributed by atoms with van der Waals surface area (Å²) in [4.78, 5) is 45.1. The maximum atomic E-state index is 11.7. The van der Waals surface area contributed by atoms with Crippen LogP contribution in [0.5, 0.6) is 0 Å². The van der Waals surface area contributed by atoms with Crippen molar-refractivity contribution in [2.24, 2.45) is 0 Å². The second kappa shape index (κ2) is 14.1. The highest BCUT2D eigenvalue weighted by molar-refractivity contribution is 5.87. The Morgan fingerprint density at radius 1 is 0.886 bits per heavy atom. The van der Waals surface area contributed by atoms with Crippen LogP contribution in [0.1, 0.15) is 29.7 Å². The number of amides is 2. The van der Waals surface area contributed by atoms with E-state index in [0.29, 0.717) is 5.57 Å². The predicted octanol–water partition coefficient (Wildman–Crippen LogP) is 1.96. The molecule has 2 heterocycles. The quantitative estimate of drug-likeness (QED) is 0.326. The maximum absolute atomic E-state index is 11.7. The molecule has 2 amide bonds. The standard InChI is InChI=1S/C12H17N3O3.C11H15N3O3/c1-8(2)11(16)18-6-5-13-12(17)15-10(4)7-9(3)14-15;1-4-10(15)17-6-5-12-11(16)14-9(3)7-8(2)13-14/h7H,1,5-6H2,2-4H3,(H,13,17);4,7H,1,5-6H2,2-3H3,(H,12,16). The van der Waals surface area contributed by atoms with E-state index in [-0.39, 0.29) is 38.4 Å². The molecule has 12 heteroatoms. The lowest BCUT2D eigenvalue weighted by molar-refractivity contribution is -0.139. The first-order valence-corrected chi connectivity index (χ1v) is 10.7. The minimum atomic E-state index is -0.509. The topological polar surface area (TPSA) is 146 Å². The molecule has 0 saturated carbocycles. The normalized spacial score (nSPS) is 9.86. The molecule has 0 fully saturated rings. The van der Waals surface area contributed by atoms with Crippen molar-refractivity contribution in [3.05, 3.63) is 59.7 Å². The summed E-state index contributed by atoms with van der Waals surface area (Å²) in [5.74, 6) is -0.972. The van der Waals surface area contributed by atoms with E-state index < -0.39 is 11.9 Å². The van der Waals surface area contributed by atoms with Crippen molar-refractivity contribution < 1.29 is 28.7 Å². The number of nitrogens with one attached hydrogen (secondary N) is 2. The minimum Gasteiger partial charge on any atom is -0.461 e. The van der Waals surface area contributed by atoms with Gasteiger partial charge in [-0.05, 0) is 46.8 Å². The highest BCUT2D eigenvalue weighted by Crippen LogP contribution is 2.01. The van der Waals surface area contributed by atoms with E-state index in [4.69, 9.17) is 9.47 Å². The zero-order valence-corrected chi connectivity index (χ0v) is 20.7.